The number of piperazine rings is 1. The number of hydrogen-bond donors (Lipinski definition) is 0. The zero-order valence-electron chi connectivity index (χ0n) is 15.4. The highest BCUT2D eigenvalue weighted by atomic mass is 16.5. The third-order valence-corrected chi connectivity index (χ3v) is 4.82. The molecule has 0 unspecified atom stereocenters. The Morgan fingerprint density at radius 1 is 1.08 bits per heavy atom. The molecule has 25 heavy (non-hydrogen) atoms. The maximum atomic E-state index is 12.2. The second-order valence-electron chi connectivity index (χ2n) is 6.74. The first-order valence-corrected chi connectivity index (χ1v) is 9.38. The molecule has 3 heterocycles. The number of nitrogens with zero attached hydrogens (tertiary/aromatic N) is 5. The summed E-state index contributed by atoms with van der Waals surface area (Å²) in [6.45, 7) is 10.5. The summed E-state index contributed by atoms with van der Waals surface area (Å²) < 4.78 is 5.43. The number of hydrogen-bond acceptors (Lipinski definition) is 6. The van der Waals surface area contributed by atoms with Gasteiger partial charge in [0.1, 0.15) is 5.82 Å². The highest BCUT2D eigenvalue weighted by Gasteiger charge is 2.23. The van der Waals surface area contributed by atoms with Gasteiger partial charge in [0.15, 0.2) is 0 Å². The molecule has 2 fully saturated rings. The summed E-state index contributed by atoms with van der Waals surface area (Å²) in [4.78, 5) is 28.0. The molecule has 3 rings (SSSR count). The standard InChI is InChI=1S/C18H29N5O2/c1-3-4-5-17(24)22-6-8-23(9-7-22)18-19-15(2)14-16(20-18)21-10-12-25-13-11-21/h14H,3-13H2,1-2H3. The van der Waals surface area contributed by atoms with Gasteiger partial charge >= 0.3 is 0 Å². The van der Waals surface area contributed by atoms with Crippen molar-refractivity contribution in [3.8, 4) is 0 Å². The van der Waals surface area contributed by atoms with Crippen molar-refractivity contribution in [2.24, 2.45) is 0 Å². The topological polar surface area (TPSA) is 61.8 Å². The van der Waals surface area contributed by atoms with Gasteiger partial charge in [-0.1, -0.05) is 13.3 Å². The Hall–Kier alpha value is -1.89. The Labute approximate surface area is 150 Å². The Morgan fingerprint density at radius 2 is 1.80 bits per heavy atom. The van der Waals surface area contributed by atoms with Gasteiger partial charge in [-0.3, -0.25) is 4.79 Å². The van der Waals surface area contributed by atoms with E-state index in [1.165, 1.54) is 0 Å². The molecule has 7 heteroatoms. The molecule has 2 saturated heterocycles. The number of anilines is 2. The van der Waals surface area contributed by atoms with Crippen molar-refractivity contribution in [2.75, 3.05) is 62.3 Å². The largest absolute Gasteiger partial charge is 0.378 e. The molecule has 0 aromatic carbocycles. The van der Waals surface area contributed by atoms with E-state index in [9.17, 15) is 4.79 Å². The Morgan fingerprint density at radius 3 is 2.48 bits per heavy atom. The molecule has 0 spiro atoms. The van der Waals surface area contributed by atoms with Crippen LogP contribution in [-0.2, 0) is 9.53 Å². The average molecular weight is 347 g/mol. The van der Waals surface area contributed by atoms with Crippen molar-refractivity contribution in [3.63, 3.8) is 0 Å². The van der Waals surface area contributed by atoms with Crippen LogP contribution in [0.25, 0.3) is 0 Å². The normalized spacial score (nSPS) is 18.6. The summed E-state index contributed by atoms with van der Waals surface area (Å²) in [5.41, 5.74) is 0.980. The SMILES string of the molecule is CCCCC(=O)N1CCN(c2nc(C)cc(N3CCOCC3)n2)CC1. The van der Waals surface area contributed by atoms with Crippen LogP contribution in [0.4, 0.5) is 11.8 Å². The number of ether oxygens (including phenoxy) is 1. The molecule has 2 aliphatic heterocycles. The van der Waals surface area contributed by atoms with Crippen LogP contribution in [0.15, 0.2) is 6.07 Å². The van der Waals surface area contributed by atoms with Gasteiger partial charge in [-0.2, -0.15) is 4.98 Å². The second kappa shape index (κ2) is 8.47. The quantitative estimate of drug-likeness (QED) is 0.804. The lowest BCUT2D eigenvalue weighted by Crippen LogP contribution is -2.49. The molecule has 7 nitrogen and oxygen atoms in total. The van der Waals surface area contributed by atoms with E-state index in [0.29, 0.717) is 6.42 Å². The van der Waals surface area contributed by atoms with E-state index >= 15 is 0 Å². The monoisotopic (exact) mass is 347 g/mol. The molecule has 0 radical (unpaired) electrons. The fourth-order valence-electron chi connectivity index (χ4n) is 3.27. The highest BCUT2D eigenvalue weighted by molar-refractivity contribution is 5.76. The molecule has 0 saturated carbocycles. The minimum atomic E-state index is 0.278. The van der Waals surface area contributed by atoms with E-state index in [2.05, 4.69) is 21.7 Å². The van der Waals surface area contributed by atoms with Crippen LogP contribution in [0.5, 0.6) is 0 Å². The number of aromatic nitrogens is 2. The summed E-state index contributed by atoms with van der Waals surface area (Å²) in [6.07, 6.45) is 2.70. The predicted molar refractivity (Wildman–Crippen MR) is 98.1 cm³/mol. The van der Waals surface area contributed by atoms with Crippen molar-refractivity contribution in [3.05, 3.63) is 11.8 Å². The minimum Gasteiger partial charge on any atom is -0.378 e. The lowest BCUT2D eigenvalue weighted by atomic mass is 10.2. The Kier molecular flexibility index (Phi) is 6.07. The highest BCUT2D eigenvalue weighted by Crippen LogP contribution is 2.20. The van der Waals surface area contributed by atoms with Gasteiger partial charge < -0.3 is 19.4 Å². The molecule has 1 aromatic heterocycles. The summed E-state index contributed by atoms with van der Waals surface area (Å²) in [5, 5.41) is 0. The number of unbranched alkanes of at least 4 members (excludes halogenated alkanes) is 1. The van der Waals surface area contributed by atoms with Crippen LogP contribution in [0.1, 0.15) is 31.9 Å². The lowest BCUT2D eigenvalue weighted by Gasteiger charge is -2.35. The van der Waals surface area contributed by atoms with Gasteiger partial charge in [0.25, 0.3) is 0 Å². The molecule has 1 amide bonds. The fraction of sp³-hybridized carbons (Fsp3) is 0.722. The molecule has 0 bridgehead atoms. The van der Waals surface area contributed by atoms with Gasteiger partial charge in [0, 0.05) is 57.4 Å². The average Bonchev–Trinajstić information content (AvgIpc) is 2.66. The second-order valence-corrected chi connectivity index (χ2v) is 6.74. The van der Waals surface area contributed by atoms with Crippen LogP contribution in [0, 0.1) is 6.92 Å². The van der Waals surface area contributed by atoms with E-state index in [-0.39, 0.29) is 5.91 Å². The molecular formula is C18H29N5O2. The van der Waals surface area contributed by atoms with Crippen molar-refractivity contribution in [2.45, 2.75) is 33.1 Å². The molecule has 0 N–H and O–H groups in total. The first-order valence-electron chi connectivity index (χ1n) is 9.38. The van der Waals surface area contributed by atoms with Crippen LogP contribution in [0.3, 0.4) is 0 Å². The predicted octanol–water partition coefficient (Wildman–Crippen LogP) is 1.46. The van der Waals surface area contributed by atoms with Gasteiger partial charge in [0.05, 0.1) is 13.2 Å². The van der Waals surface area contributed by atoms with Crippen LogP contribution < -0.4 is 9.80 Å². The van der Waals surface area contributed by atoms with Gasteiger partial charge in [-0.05, 0) is 13.3 Å². The molecular weight excluding hydrogens is 318 g/mol. The first-order chi connectivity index (χ1) is 12.2. The van der Waals surface area contributed by atoms with E-state index in [1.807, 2.05) is 17.9 Å². The molecule has 138 valence electrons. The number of carbonyl (C=O) groups excluding carboxylic acids is 1. The van der Waals surface area contributed by atoms with Crippen molar-refractivity contribution >= 4 is 17.7 Å². The van der Waals surface area contributed by atoms with Gasteiger partial charge in [-0.25, -0.2) is 4.98 Å². The van der Waals surface area contributed by atoms with Crippen molar-refractivity contribution in [1.29, 1.82) is 0 Å². The number of morpholine rings is 1. The zero-order chi connectivity index (χ0) is 17.6. The maximum Gasteiger partial charge on any atom is 0.227 e. The number of amides is 1. The third kappa shape index (κ3) is 4.60. The smallest absolute Gasteiger partial charge is 0.227 e. The summed E-state index contributed by atoms with van der Waals surface area (Å²) in [5.74, 6) is 2.04. The van der Waals surface area contributed by atoms with E-state index < -0.39 is 0 Å². The molecule has 0 atom stereocenters. The maximum absolute atomic E-state index is 12.2. The Bertz CT molecular complexity index is 581. The summed E-state index contributed by atoms with van der Waals surface area (Å²) >= 11 is 0. The van der Waals surface area contributed by atoms with Crippen LogP contribution in [-0.4, -0.2) is 73.3 Å². The summed E-state index contributed by atoms with van der Waals surface area (Å²) in [6, 6.07) is 2.04. The van der Waals surface area contributed by atoms with Crippen LogP contribution >= 0.6 is 0 Å². The zero-order valence-corrected chi connectivity index (χ0v) is 15.4. The molecule has 1 aromatic rings. The number of carbonyl (C=O) groups is 1. The van der Waals surface area contributed by atoms with Gasteiger partial charge in [0.2, 0.25) is 11.9 Å². The Balaban J connectivity index is 1.63. The molecule has 2 aliphatic rings. The van der Waals surface area contributed by atoms with E-state index in [0.717, 1.165) is 82.8 Å². The number of aryl methyl sites for hydroxylation is 1. The number of rotatable bonds is 5. The van der Waals surface area contributed by atoms with Gasteiger partial charge in [-0.15, -0.1) is 0 Å². The van der Waals surface area contributed by atoms with Crippen molar-refractivity contribution < 1.29 is 9.53 Å². The molecule has 0 aliphatic carbocycles. The summed E-state index contributed by atoms with van der Waals surface area (Å²) in [7, 11) is 0. The first kappa shape index (κ1) is 17.9. The lowest BCUT2D eigenvalue weighted by molar-refractivity contribution is -0.131. The van der Waals surface area contributed by atoms with E-state index in [4.69, 9.17) is 9.72 Å². The van der Waals surface area contributed by atoms with E-state index in [1.54, 1.807) is 0 Å². The minimum absolute atomic E-state index is 0.278. The van der Waals surface area contributed by atoms with Crippen LogP contribution in [0.2, 0.25) is 0 Å². The fourth-order valence-corrected chi connectivity index (χ4v) is 3.27. The van der Waals surface area contributed by atoms with Crippen molar-refractivity contribution in [1.82, 2.24) is 14.9 Å². The third-order valence-electron chi connectivity index (χ3n) is 4.82.